The molecule has 34 heavy (non-hydrogen) atoms. The van der Waals surface area contributed by atoms with Gasteiger partial charge in [0.15, 0.2) is 0 Å². The number of aliphatic hydroxyl groups is 4. The number of hydrogen-bond acceptors (Lipinski definition) is 9. The number of carbonyl (C=O) groups is 4. The second-order valence-electron chi connectivity index (χ2n) is 6.82. The summed E-state index contributed by atoms with van der Waals surface area (Å²) in [6.07, 6.45) is 4.67. The van der Waals surface area contributed by atoms with Crippen LogP contribution >= 0.6 is 0 Å². The first kappa shape index (κ1) is 36.0. The number of carboxylic acid groups (broad SMARTS) is 4. The number of ether oxygens (including phenoxy) is 1. The first-order valence-corrected chi connectivity index (χ1v) is 10.7. The van der Waals surface area contributed by atoms with E-state index in [0.717, 1.165) is 38.5 Å². The van der Waals surface area contributed by atoms with Crippen LogP contribution in [0.15, 0.2) is 11.6 Å². The van der Waals surface area contributed by atoms with Gasteiger partial charge in [-0.3, -0.25) is 9.59 Å². The number of unbranched alkanes of at least 4 members (excludes halogenated alkanes) is 5. The van der Waals surface area contributed by atoms with Crippen LogP contribution in [0.4, 0.5) is 0 Å². The Balaban J connectivity index is -0.000000448. The van der Waals surface area contributed by atoms with Gasteiger partial charge in [0.05, 0.1) is 39.1 Å². The van der Waals surface area contributed by atoms with Crippen LogP contribution in [0, 0.1) is 0 Å². The molecule has 0 saturated carbocycles. The molecular weight excluding hydrogens is 460 g/mol. The van der Waals surface area contributed by atoms with Crippen molar-refractivity contribution < 1.29 is 64.8 Å². The molecule has 13 heteroatoms. The second kappa shape index (κ2) is 26.7. The van der Waals surface area contributed by atoms with E-state index in [1.807, 2.05) is 0 Å². The smallest absolute Gasteiger partial charge is 0.331 e. The van der Waals surface area contributed by atoms with Gasteiger partial charge in [-0.25, -0.2) is 9.59 Å². The van der Waals surface area contributed by atoms with Crippen LogP contribution in [-0.2, 0) is 23.9 Å². The Morgan fingerprint density at radius 1 is 0.706 bits per heavy atom. The summed E-state index contributed by atoms with van der Waals surface area (Å²) in [6.45, 7) is 0.0886. The Labute approximate surface area is 197 Å². The second-order valence-corrected chi connectivity index (χ2v) is 6.82. The normalized spacial score (nSPS) is 11.4. The molecule has 0 aromatic rings. The van der Waals surface area contributed by atoms with Crippen molar-refractivity contribution in [3.05, 3.63) is 11.6 Å². The molecular formula is C21H38O13. The summed E-state index contributed by atoms with van der Waals surface area (Å²) in [5.74, 6) is -4.30. The highest BCUT2D eigenvalue weighted by Crippen LogP contribution is 2.08. The zero-order chi connectivity index (χ0) is 26.8. The van der Waals surface area contributed by atoms with Gasteiger partial charge in [-0.2, -0.15) is 0 Å². The van der Waals surface area contributed by atoms with E-state index >= 15 is 0 Å². The minimum Gasteiger partial charge on any atom is -0.481 e. The van der Waals surface area contributed by atoms with Crippen molar-refractivity contribution in [3.8, 4) is 0 Å². The van der Waals surface area contributed by atoms with Crippen molar-refractivity contribution in [2.75, 3.05) is 33.0 Å². The van der Waals surface area contributed by atoms with E-state index < -0.39 is 48.6 Å². The van der Waals surface area contributed by atoms with Gasteiger partial charge in [0.2, 0.25) is 0 Å². The first-order chi connectivity index (χ1) is 16.0. The zero-order valence-corrected chi connectivity index (χ0v) is 19.2. The van der Waals surface area contributed by atoms with E-state index in [9.17, 15) is 19.2 Å². The molecule has 0 aromatic carbocycles. The lowest BCUT2D eigenvalue weighted by atomic mass is 10.1. The van der Waals surface area contributed by atoms with Crippen LogP contribution in [0.3, 0.4) is 0 Å². The fraction of sp³-hybridized carbons (Fsp3) is 0.714. The average Bonchev–Trinajstić information content (AvgIpc) is 2.75. The Hall–Kier alpha value is -2.58. The van der Waals surface area contributed by atoms with E-state index in [1.165, 1.54) is 0 Å². The summed E-state index contributed by atoms with van der Waals surface area (Å²) >= 11 is 0. The molecule has 0 bridgehead atoms. The largest absolute Gasteiger partial charge is 0.481 e. The summed E-state index contributed by atoms with van der Waals surface area (Å²) in [7, 11) is 0. The van der Waals surface area contributed by atoms with Crippen molar-refractivity contribution in [1.29, 1.82) is 0 Å². The lowest BCUT2D eigenvalue weighted by Crippen LogP contribution is -2.17. The average molecular weight is 499 g/mol. The highest BCUT2D eigenvalue weighted by Gasteiger charge is 2.14. The molecule has 0 aliphatic rings. The van der Waals surface area contributed by atoms with E-state index in [0.29, 0.717) is 19.3 Å². The van der Waals surface area contributed by atoms with E-state index in [2.05, 4.69) is 4.74 Å². The van der Waals surface area contributed by atoms with Crippen molar-refractivity contribution >= 4 is 23.9 Å². The predicted octanol–water partition coefficient (Wildman–Crippen LogP) is 0.0893. The van der Waals surface area contributed by atoms with E-state index in [-0.39, 0.29) is 26.1 Å². The van der Waals surface area contributed by atoms with Crippen LogP contribution < -0.4 is 0 Å². The summed E-state index contributed by atoms with van der Waals surface area (Å²) in [5.41, 5.74) is -0.450. The van der Waals surface area contributed by atoms with Gasteiger partial charge in [-0.05, 0) is 12.8 Å². The molecule has 0 amide bonds. The zero-order valence-electron chi connectivity index (χ0n) is 19.2. The van der Waals surface area contributed by atoms with Gasteiger partial charge in [0.25, 0.3) is 0 Å². The van der Waals surface area contributed by atoms with Gasteiger partial charge in [0, 0.05) is 30.9 Å². The molecule has 0 aliphatic carbocycles. The minimum absolute atomic E-state index is 0.0278. The molecule has 0 radical (unpaired) electrons. The van der Waals surface area contributed by atoms with Crippen molar-refractivity contribution in [3.63, 3.8) is 0 Å². The Morgan fingerprint density at radius 3 is 1.41 bits per heavy atom. The van der Waals surface area contributed by atoms with Crippen molar-refractivity contribution in [2.24, 2.45) is 0 Å². The van der Waals surface area contributed by atoms with Crippen LogP contribution in [0.1, 0.15) is 57.8 Å². The molecule has 200 valence electrons. The molecule has 13 nitrogen and oxygen atoms in total. The van der Waals surface area contributed by atoms with Gasteiger partial charge in [0.1, 0.15) is 0 Å². The molecule has 0 saturated heterocycles. The maximum Gasteiger partial charge on any atom is 0.331 e. The van der Waals surface area contributed by atoms with Crippen LogP contribution in [-0.4, -0.2) is 104 Å². The molecule has 8 N–H and O–H groups in total. The molecule has 0 aromatic heterocycles. The van der Waals surface area contributed by atoms with Gasteiger partial charge >= 0.3 is 23.9 Å². The van der Waals surface area contributed by atoms with Crippen molar-refractivity contribution in [2.45, 2.75) is 63.9 Å². The third kappa shape index (κ3) is 34.0. The van der Waals surface area contributed by atoms with E-state index in [1.54, 1.807) is 0 Å². The lowest BCUT2D eigenvalue weighted by molar-refractivity contribution is -0.138. The van der Waals surface area contributed by atoms with Crippen LogP contribution in [0.5, 0.6) is 0 Å². The molecule has 0 aliphatic heterocycles. The molecule has 0 heterocycles. The molecule has 1 atom stereocenters. The van der Waals surface area contributed by atoms with E-state index in [4.69, 9.17) is 40.9 Å². The predicted molar refractivity (Wildman–Crippen MR) is 118 cm³/mol. The fourth-order valence-electron chi connectivity index (χ4n) is 2.17. The third-order valence-electron chi connectivity index (χ3n) is 3.74. The summed E-state index contributed by atoms with van der Waals surface area (Å²) < 4.78 is 4.63. The SMILES string of the molecule is O=C(O)/C=C(/CC(O)CO)C(=O)O.O=C(O)CCCCCCCCC(=O)O.OCCOCCO. The Bertz CT molecular complexity index is 551. The number of hydrogen-bond donors (Lipinski definition) is 8. The Kier molecular flexibility index (Phi) is 28.2. The molecule has 1 unspecified atom stereocenters. The number of carboxylic acids is 4. The van der Waals surface area contributed by atoms with Gasteiger partial charge in [-0.1, -0.05) is 25.7 Å². The standard InChI is InChI=1S/C10H18O4.C7H10O6.C4H10O3/c11-9(12)7-5-3-1-2-4-6-8-10(13)14;8-3-5(9)1-4(7(12)13)2-6(10)11;5-1-3-7-4-2-6/h1-8H2,(H,11,12)(H,13,14);2,5,8-9H,1,3H2,(H,10,11)(H,12,13);5-6H,1-4H2/b;4-2-;. The summed E-state index contributed by atoms with van der Waals surface area (Å²) in [6, 6.07) is 0. The monoisotopic (exact) mass is 498 g/mol. The molecule has 0 fully saturated rings. The number of aliphatic carboxylic acids is 4. The molecule has 0 spiro atoms. The maximum absolute atomic E-state index is 10.4. The summed E-state index contributed by atoms with van der Waals surface area (Å²) in [4.78, 5) is 40.8. The first-order valence-electron chi connectivity index (χ1n) is 10.7. The minimum atomic E-state index is -1.42. The lowest BCUT2D eigenvalue weighted by Gasteiger charge is -2.06. The topological polar surface area (TPSA) is 239 Å². The van der Waals surface area contributed by atoms with Gasteiger partial charge < -0.3 is 45.6 Å². The summed E-state index contributed by atoms with van der Waals surface area (Å²) in [5, 5.41) is 66.8. The van der Waals surface area contributed by atoms with Crippen molar-refractivity contribution in [1.82, 2.24) is 0 Å². The maximum atomic E-state index is 10.4. The molecule has 0 rings (SSSR count). The number of rotatable bonds is 18. The Morgan fingerprint density at radius 2 is 1.12 bits per heavy atom. The number of aliphatic hydroxyl groups excluding tert-OH is 4. The highest BCUT2D eigenvalue weighted by atomic mass is 16.5. The third-order valence-corrected chi connectivity index (χ3v) is 3.74. The van der Waals surface area contributed by atoms with Crippen LogP contribution in [0.2, 0.25) is 0 Å². The quantitative estimate of drug-likeness (QED) is 0.0924. The van der Waals surface area contributed by atoms with Gasteiger partial charge in [-0.15, -0.1) is 0 Å². The fourth-order valence-corrected chi connectivity index (χ4v) is 2.17. The highest BCUT2D eigenvalue weighted by molar-refractivity contribution is 5.94. The van der Waals surface area contributed by atoms with Crippen LogP contribution in [0.25, 0.3) is 0 Å².